The predicted molar refractivity (Wildman–Crippen MR) is 78.9 cm³/mol. The molecule has 3 rings (SSSR count). The first-order valence-electron chi connectivity index (χ1n) is 6.40. The van der Waals surface area contributed by atoms with Crippen LogP contribution in [0.1, 0.15) is 23.1 Å². The van der Waals surface area contributed by atoms with Gasteiger partial charge in [-0.25, -0.2) is 0 Å². The van der Waals surface area contributed by atoms with E-state index in [-0.39, 0.29) is 0 Å². The third-order valence-electron chi connectivity index (χ3n) is 3.43. The lowest BCUT2D eigenvalue weighted by molar-refractivity contribution is 0.911. The summed E-state index contributed by atoms with van der Waals surface area (Å²) in [5, 5.41) is 0. The van der Waals surface area contributed by atoms with E-state index in [1.165, 1.54) is 29.7 Å². The van der Waals surface area contributed by atoms with Crippen LogP contribution in [-0.2, 0) is 18.6 Å². The second-order valence-electron chi connectivity index (χ2n) is 4.82. The average molecular weight is 255 g/mol. The summed E-state index contributed by atoms with van der Waals surface area (Å²) in [5.41, 5.74) is 11.0. The first kappa shape index (κ1) is 11.7. The monoisotopic (exact) mass is 255 g/mol. The predicted octanol–water partition coefficient (Wildman–Crippen LogP) is 4.05. The van der Waals surface area contributed by atoms with E-state index >= 15 is 0 Å². The van der Waals surface area contributed by atoms with E-state index in [0.717, 1.165) is 11.4 Å². The average Bonchev–Trinajstić information content (AvgIpc) is 2.84. The third-order valence-corrected chi connectivity index (χ3v) is 4.49. The van der Waals surface area contributed by atoms with E-state index in [2.05, 4.69) is 30.3 Å². The first-order valence-corrected chi connectivity index (χ1v) is 7.39. The highest BCUT2D eigenvalue weighted by atomic mass is 32.2. The molecule has 0 spiro atoms. The molecule has 0 bridgehead atoms. The molecule has 18 heavy (non-hydrogen) atoms. The maximum Gasteiger partial charge on any atom is 0.0317 e. The lowest BCUT2D eigenvalue weighted by Gasteiger charge is -2.05. The number of thioether (sulfide) groups is 1. The van der Waals surface area contributed by atoms with Crippen molar-refractivity contribution in [1.29, 1.82) is 0 Å². The summed E-state index contributed by atoms with van der Waals surface area (Å²) < 4.78 is 0. The van der Waals surface area contributed by atoms with Crippen LogP contribution in [0.2, 0.25) is 0 Å². The Bertz CT molecular complexity index is 563. The second kappa shape index (κ2) is 5.07. The number of hydrogen-bond donors (Lipinski definition) is 1. The van der Waals surface area contributed by atoms with Crippen LogP contribution >= 0.6 is 11.8 Å². The highest BCUT2D eigenvalue weighted by Gasteiger charge is 2.10. The fraction of sp³-hybridized carbons (Fsp3) is 0.250. The molecule has 0 fully saturated rings. The zero-order chi connectivity index (χ0) is 12.4. The van der Waals surface area contributed by atoms with Gasteiger partial charge in [-0.15, -0.1) is 11.8 Å². The molecule has 2 heteroatoms. The van der Waals surface area contributed by atoms with Gasteiger partial charge in [-0.1, -0.05) is 18.2 Å². The van der Waals surface area contributed by atoms with Gasteiger partial charge in [0, 0.05) is 16.3 Å². The van der Waals surface area contributed by atoms with Gasteiger partial charge in [0.05, 0.1) is 0 Å². The van der Waals surface area contributed by atoms with Gasteiger partial charge in [0.25, 0.3) is 0 Å². The van der Waals surface area contributed by atoms with Crippen molar-refractivity contribution in [3.63, 3.8) is 0 Å². The quantitative estimate of drug-likeness (QED) is 0.661. The lowest BCUT2D eigenvalue weighted by Crippen LogP contribution is -1.87. The van der Waals surface area contributed by atoms with Crippen LogP contribution in [0.25, 0.3) is 0 Å². The zero-order valence-electron chi connectivity index (χ0n) is 10.4. The van der Waals surface area contributed by atoms with E-state index in [4.69, 9.17) is 5.73 Å². The zero-order valence-corrected chi connectivity index (χ0v) is 11.2. The Morgan fingerprint density at radius 3 is 2.78 bits per heavy atom. The molecule has 1 aliphatic carbocycles. The van der Waals surface area contributed by atoms with E-state index in [9.17, 15) is 0 Å². The van der Waals surface area contributed by atoms with E-state index in [0.29, 0.717) is 0 Å². The summed E-state index contributed by atoms with van der Waals surface area (Å²) in [5.74, 6) is 0.990. The van der Waals surface area contributed by atoms with Gasteiger partial charge in [-0.2, -0.15) is 0 Å². The van der Waals surface area contributed by atoms with Crippen LogP contribution in [0, 0.1) is 0 Å². The summed E-state index contributed by atoms with van der Waals surface area (Å²) in [6, 6.07) is 15.1. The molecule has 2 aromatic rings. The maximum atomic E-state index is 5.79. The molecule has 0 saturated carbocycles. The van der Waals surface area contributed by atoms with Gasteiger partial charge in [-0.3, -0.25) is 0 Å². The molecule has 0 aliphatic heterocycles. The number of nitrogens with two attached hydrogens (primary N) is 1. The minimum absolute atomic E-state index is 0.849. The third kappa shape index (κ3) is 2.54. The summed E-state index contributed by atoms with van der Waals surface area (Å²) in [6.45, 7) is 0. The molecule has 1 aliphatic rings. The minimum Gasteiger partial charge on any atom is -0.399 e. The minimum atomic E-state index is 0.849. The molecule has 0 aromatic heterocycles. The van der Waals surface area contributed by atoms with Crippen molar-refractivity contribution in [2.24, 2.45) is 0 Å². The van der Waals surface area contributed by atoms with Crippen LogP contribution in [0.4, 0.5) is 5.69 Å². The van der Waals surface area contributed by atoms with Crippen LogP contribution in [0.5, 0.6) is 0 Å². The van der Waals surface area contributed by atoms with Gasteiger partial charge >= 0.3 is 0 Å². The topological polar surface area (TPSA) is 26.0 Å². The molecular weight excluding hydrogens is 238 g/mol. The van der Waals surface area contributed by atoms with Crippen LogP contribution in [0.15, 0.2) is 47.4 Å². The van der Waals surface area contributed by atoms with Crippen molar-refractivity contribution >= 4 is 17.4 Å². The Morgan fingerprint density at radius 2 is 1.89 bits per heavy atom. The van der Waals surface area contributed by atoms with E-state index in [1.54, 1.807) is 11.1 Å². The molecular formula is C16H17NS. The van der Waals surface area contributed by atoms with E-state index in [1.807, 2.05) is 23.9 Å². The van der Waals surface area contributed by atoms with E-state index < -0.39 is 0 Å². The van der Waals surface area contributed by atoms with Crippen LogP contribution < -0.4 is 5.73 Å². The summed E-state index contributed by atoms with van der Waals surface area (Å²) in [4.78, 5) is 1.37. The Hall–Kier alpha value is -1.41. The van der Waals surface area contributed by atoms with Gasteiger partial charge in [0.1, 0.15) is 0 Å². The number of anilines is 1. The molecule has 0 radical (unpaired) electrons. The molecule has 0 unspecified atom stereocenters. The molecule has 1 nitrogen and oxygen atoms in total. The maximum absolute atomic E-state index is 5.79. The number of fused-ring (bicyclic) bond motifs is 1. The Morgan fingerprint density at radius 1 is 1.00 bits per heavy atom. The summed E-state index contributed by atoms with van der Waals surface area (Å²) in [6.07, 6.45) is 3.83. The number of benzene rings is 2. The van der Waals surface area contributed by atoms with Crippen molar-refractivity contribution in [1.82, 2.24) is 0 Å². The number of hydrogen-bond acceptors (Lipinski definition) is 2. The van der Waals surface area contributed by atoms with Gasteiger partial charge in [0.2, 0.25) is 0 Å². The summed E-state index contributed by atoms with van der Waals surface area (Å²) >= 11 is 1.89. The lowest BCUT2D eigenvalue weighted by atomic mass is 10.1. The van der Waals surface area contributed by atoms with Gasteiger partial charge in [-0.05, 0) is 60.2 Å². The smallest absolute Gasteiger partial charge is 0.0317 e. The molecule has 2 N–H and O–H groups in total. The highest BCUT2D eigenvalue weighted by molar-refractivity contribution is 7.98. The molecule has 0 atom stereocenters. The normalized spacial score (nSPS) is 13.6. The van der Waals surface area contributed by atoms with Crippen molar-refractivity contribution in [3.8, 4) is 0 Å². The standard InChI is InChI=1S/C16H17NS/c17-15-6-1-3-12(9-15)11-18-16-8-7-13-4-2-5-14(13)10-16/h1,3,6-10H,2,4-5,11,17H2. The van der Waals surface area contributed by atoms with Crippen molar-refractivity contribution in [2.45, 2.75) is 29.9 Å². The van der Waals surface area contributed by atoms with Gasteiger partial charge in [0.15, 0.2) is 0 Å². The highest BCUT2D eigenvalue weighted by Crippen LogP contribution is 2.29. The van der Waals surface area contributed by atoms with Crippen LogP contribution in [-0.4, -0.2) is 0 Å². The Kier molecular flexibility index (Phi) is 3.28. The molecule has 92 valence electrons. The molecule has 0 saturated heterocycles. The van der Waals surface area contributed by atoms with Crippen LogP contribution in [0.3, 0.4) is 0 Å². The summed E-state index contributed by atoms with van der Waals surface area (Å²) in [7, 11) is 0. The van der Waals surface area contributed by atoms with Gasteiger partial charge < -0.3 is 5.73 Å². The number of aryl methyl sites for hydroxylation is 2. The molecule has 0 amide bonds. The molecule has 0 heterocycles. The number of rotatable bonds is 3. The Balaban J connectivity index is 1.70. The Labute approximate surface area is 112 Å². The van der Waals surface area contributed by atoms with Crippen molar-refractivity contribution in [3.05, 3.63) is 59.2 Å². The largest absolute Gasteiger partial charge is 0.399 e. The second-order valence-corrected chi connectivity index (χ2v) is 5.87. The number of nitrogen functional groups attached to an aromatic ring is 1. The first-order chi connectivity index (χ1) is 8.81. The fourth-order valence-electron chi connectivity index (χ4n) is 2.49. The SMILES string of the molecule is Nc1cccc(CSc2ccc3c(c2)CCC3)c1. The van der Waals surface area contributed by atoms with Crippen molar-refractivity contribution < 1.29 is 0 Å². The fourth-order valence-corrected chi connectivity index (χ4v) is 3.39. The van der Waals surface area contributed by atoms with Crippen molar-refractivity contribution in [2.75, 3.05) is 5.73 Å². The molecule has 2 aromatic carbocycles.